The summed E-state index contributed by atoms with van der Waals surface area (Å²) in [7, 11) is 1.70. The number of aryl methyl sites for hydroxylation is 1. The fourth-order valence-electron chi connectivity index (χ4n) is 4.18. The monoisotopic (exact) mass is 327 g/mol. The molecule has 2 aliphatic rings. The summed E-state index contributed by atoms with van der Waals surface area (Å²) in [5.74, 6) is 1.49. The van der Waals surface area contributed by atoms with Crippen LogP contribution in [0, 0.1) is 12.8 Å². The second kappa shape index (κ2) is 6.70. The molecule has 1 aromatic carbocycles. The zero-order chi connectivity index (χ0) is 17.3. The maximum Gasteiger partial charge on any atom is 0.141 e. The second-order valence-electron chi connectivity index (χ2n) is 8.00. The third-order valence-corrected chi connectivity index (χ3v) is 5.39. The van der Waals surface area contributed by atoms with Crippen LogP contribution in [0.3, 0.4) is 0 Å². The molecule has 3 rings (SSSR count). The molecule has 1 fully saturated rings. The Morgan fingerprint density at radius 2 is 1.96 bits per heavy atom. The van der Waals surface area contributed by atoms with Crippen LogP contribution in [-0.2, 0) is 11.2 Å². The SMILES string of the molecule is COc1cc2c(cc1C)CC(C)(C)N=C2CC(=O)C1CCCCC1. The number of carbonyl (C=O) groups is 1. The van der Waals surface area contributed by atoms with Gasteiger partial charge in [-0.05, 0) is 57.2 Å². The van der Waals surface area contributed by atoms with Gasteiger partial charge in [-0.25, -0.2) is 0 Å². The quantitative estimate of drug-likeness (QED) is 0.806. The van der Waals surface area contributed by atoms with Crippen LogP contribution >= 0.6 is 0 Å². The molecule has 0 saturated heterocycles. The van der Waals surface area contributed by atoms with E-state index in [9.17, 15) is 4.79 Å². The highest BCUT2D eigenvalue weighted by Crippen LogP contribution is 2.34. The molecule has 1 heterocycles. The number of carbonyl (C=O) groups excluding carboxylic acids is 1. The van der Waals surface area contributed by atoms with Crippen LogP contribution in [0.2, 0.25) is 0 Å². The first-order valence-corrected chi connectivity index (χ1v) is 9.19. The van der Waals surface area contributed by atoms with Crippen molar-refractivity contribution < 1.29 is 9.53 Å². The van der Waals surface area contributed by atoms with Crippen molar-refractivity contribution in [1.82, 2.24) is 0 Å². The molecular weight excluding hydrogens is 298 g/mol. The number of ketones is 1. The topological polar surface area (TPSA) is 38.7 Å². The summed E-state index contributed by atoms with van der Waals surface area (Å²) in [5, 5.41) is 0. The average molecular weight is 327 g/mol. The number of fused-ring (bicyclic) bond motifs is 1. The molecule has 0 amide bonds. The maximum absolute atomic E-state index is 12.8. The van der Waals surface area contributed by atoms with Gasteiger partial charge in [0.05, 0.1) is 18.4 Å². The minimum Gasteiger partial charge on any atom is -0.496 e. The van der Waals surface area contributed by atoms with E-state index in [1.54, 1.807) is 7.11 Å². The lowest BCUT2D eigenvalue weighted by molar-refractivity contribution is -0.122. The largest absolute Gasteiger partial charge is 0.496 e. The van der Waals surface area contributed by atoms with Gasteiger partial charge in [-0.3, -0.25) is 9.79 Å². The third-order valence-electron chi connectivity index (χ3n) is 5.39. The van der Waals surface area contributed by atoms with E-state index in [0.717, 1.165) is 41.9 Å². The number of nitrogens with zero attached hydrogens (tertiary/aromatic N) is 1. The molecule has 24 heavy (non-hydrogen) atoms. The van der Waals surface area contributed by atoms with Crippen LogP contribution < -0.4 is 4.74 Å². The molecule has 0 radical (unpaired) electrons. The molecule has 3 heteroatoms. The summed E-state index contributed by atoms with van der Waals surface area (Å²) in [4.78, 5) is 17.7. The van der Waals surface area contributed by atoms with E-state index in [2.05, 4.69) is 32.9 Å². The van der Waals surface area contributed by atoms with Gasteiger partial charge in [-0.1, -0.05) is 25.3 Å². The molecule has 1 saturated carbocycles. The standard InChI is InChI=1S/C21H29NO2/c1-14-10-16-13-21(2,3)22-18(17(16)11-20(14)24-4)12-19(23)15-8-6-5-7-9-15/h10-11,15H,5-9,12-13H2,1-4H3. The van der Waals surface area contributed by atoms with Crippen molar-refractivity contribution in [2.24, 2.45) is 10.9 Å². The van der Waals surface area contributed by atoms with Crippen LogP contribution in [0.5, 0.6) is 5.75 Å². The van der Waals surface area contributed by atoms with Gasteiger partial charge in [-0.15, -0.1) is 0 Å². The van der Waals surface area contributed by atoms with E-state index in [0.29, 0.717) is 12.2 Å². The fourth-order valence-corrected chi connectivity index (χ4v) is 4.18. The van der Waals surface area contributed by atoms with Gasteiger partial charge >= 0.3 is 0 Å². The molecule has 0 spiro atoms. The van der Waals surface area contributed by atoms with Crippen LogP contribution in [0.15, 0.2) is 17.1 Å². The number of aliphatic imine (C=N–C) groups is 1. The molecular formula is C21H29NO2. The van der Waals surface area contributed by atoms with E-state index in [4.69, 9.17) is 9.73 Å². The molecule has 0 aromatic heterocycles. The Hall–Kier alpha value is -1.64. The highest BCUT2D eigenvalue weighted by atomic mass is 16.5. The number of rotatable bonds is 4. The van der Waals surface area contributed by atoms with Crippen molar-refractivity contribution in [2.45, 2.75) is 71.3 Å². The number of hydrogen-bond acceptors (Lipinski definition) is 3. The Balaban J connectivity index is 1.91. The van der Waals surface area contributed by atoms with E-state index in [1.165, 1.54) is 24.8 Å². The zero-order valence-electron chi connectivity index (χ0n) is 15.4. The smallest absolute Gasteiger partial charge is 0.141 e. The Kier molecular flexibility index (Phi) is 4.80. The Labute approximate surface area is 145 Å². The van der Waals surface area contributed by atoms with Gasteiger partial charge in [0.25, 0.3) is 0 Å². The molecule has 130 valence electrons. The van der Waals surface area contributed by atoms with Gasteiger partial charge < -0.3 is 4.74 Å². The lowest BCUT2D eigenvalue weighted by Crippen LogP contribution is -2.31. The highest BCUT2D eigenvalue weighted by molar-refractivity contribution is 6.13. The normalized spacial score (nSPS) is 20.2. The first kappa shape index (κ1) is 17.2. The van der Waals surface area contributed by atoms with Crippen molar-refractivity contribution in [3.63, 3.8) is 0 Å². The summed E-state index contributed by atoms with van der Waals surface area (Å²) < 4.78 is 5.49. The van der Waals surface area contributed by atoms with Gasteiger partial charge in [0, 0.05) is 17.9 Å². The summed E-state index contributed by atoms with van der Waals surface area (Å²) in [6.07, 6.45) is 7.15. The molecule has 0 bridgehead atoms. The first-order valence-electron chi connectivity index (χ1n) is 9.19. The van der Waals surface area contributed by atoms with Gasteiger partial charge in [-0.2, -0.15) is 0 Å². The molecule has 3 nitrogen and oxygen atoms in total. The molecule has 0 unspecified atom stereocenters. The fraction of sp³-hybridized carbons (Fsp3) is 0.619. The lowest BCUT2D eigenvalue weighted by Gasteiger charge is -2.30. The predicted octanol–water partition coefficient (Wildman–Crippen LogP) is 4.67. The van der Waals surface area contributed by atoms with E-state index >= 15 is 0 Å². The van der Waals surface area contributed by atoms with Crippen molar-refractivity contribution in [3.8, 4) is 5.75 Å². The molecule has 1 aliphatic heterocycles. The van der Waals surface area contributed by atoms with Crippen molar-refractivity contribution in [3.05, 3.63) is 28.8 Å². The van der Waals surface area contributed by atoms with Gasteiger partial charge in [0.2, 0.25) is 0 Å². The van der Waals surface area contributed by atoms with Crippen LogP contribution in [-0.4, -0.2) is 24.1 Å². The highest BCUT2D eigenvalue weighted by Gasteiger charge is 2.30. The van der Waals surface area contributed by atoms with E-state index in [-0.39, 0.29) is 11.5 Å². The number of hydrogen-bond donors (Lipinski definition) is 0. The minimum absolute atomic E-state index is 0.143. The number of Topliss-reactive ketones (excluding diaryl/α,β-unsaturated/α-hetero) is 1. The first-order chi connectivity index (χ1) is 11.4. The number of methoxy groups -OCH3 is 1. The van der Waals surface area contributed by atoms with Gasteiger partial charge in [0.1, 0.15) is 11.5 Å². The van der Waals surface area contributed by atoms with Crippen molar-refractivity contribution in [2.75, 3.05) is 7.11 Å². The van der Waals surface area contributed by atoms with Crippen molar-refractivity contribution in [1.29, 1.82) is 0 Å². The average Bonchev–Trinajstić information content (AvgIpc) is 2.54. The number of benzene rings is 1. The summed E-state index contributed by atoms with van der Waals surface area (Å²) in [5.41, 5.74) is 4.36. The molecule has 0 atom stereocenters. The van der Waals surface area contributed by atoms with Crippen LogP contribution in [0.1, 0.15) is 69.1 Å². The summed E-state index contributed by atoms with van der Waals surface area (Å²) in [6.45, 7) is 6.38. The Morgan fingerprint density at radius 3 is 2.62 bits per heavy atom. The minimum atomic E-state index is -0.143. The molecule has 1 aromatic rings. The summed E-state index contributed by atoms with van der Waals surface area (Å²) in [6, 6.07) is 4.28. The molecule has 0 N–H and O–H groups in total. The van der Waals surface area contributed by atoms with E-state index < -0.39 is 0 Å². The predicted molar refractivity (Wildman–Crippen MR) is 98.3 cm³/mol. The number of ether oxygens (including phenoxy) is 1. The lowest BCUT2D eigenvalue weighted by atomic mass is 9.81. The third kappa shape index (κ3) is 3.55. The van der Waals surface area contributed by atoms with Gasteiger partial charge in [0.15, 0.2) is 0 Å². The van der Waals surface area contributed by atoms with Crippen molar-refractivity contribution >= 4 is 11.5 Å². The second-order valence-corrected chi connectivity index (χ2v) is 8.00. The maximum atomic E-state index is 12.8. The van der Waals surface area contributed by atoms with Crippen LogP contribution in [0.4, 0.5) is 0 Å². The zero-order valence-corrected chi connectivity index (χ0v) is 15.4. The Bertz CT molecular complexity index is 667. The van der Waals surface area contributed by atoms with Crippen LogP contribution in [0.25, 0.3) is 0 Å². The van der Waals surface area contributed by atoms with E-state index in [1.807, 2.05) is 0 Å². The Morgan fingerprint density at radius 1 is 1.25 bits per heavy atom. The summed E-state index contributed by atoms with van der Waals surface area (Å²) >= 11 is 0. The molecule has 1 aliphatic carbocycles.